The molecule has 0 saturated carbocycles. The minimum absolute atomic E-state index is 0.322. The number of hydrogen-bond donors (Lipinski definition) is 1. The van der Waals surface area contributed by atoms with Crippen LogP contribution in [-0.4, -0.2) is 13.0 Å². The first-order valence-corrected chi connectivity index (χ1v) is 4.42. The van der Waals surface area contributed by atoms with Crippen molar-refractivity contribution < 1.29 is 13.5 Å². The fourth-order valence-corrected chi connectivity index (χ4v) is 1.10. The summed E-state index contributed by atoms with van der Waals surface area (Å²) in [5.41, 5.74) is 7.08. The zero-order valence-electron chi connectivity index (χ0n) is 7.97. The van der Waals surface area contributed by atoms with E-state index in [4.69, 9.17) is 10.5 Å². The van der Waals surface area contributed by atoms with Gasteiger partial charge in [0.1, 0.15) is 12.4 Å². The maximum absolute atomic E-state index is 11.8. The average molecular weight is 201 g/mol. The lowest BCUT2D eigenvalue weighted by Crippen LogP contribution is -2.08. The Morgan fingerprint density at radius 1 is 1.43 bits per heavy atom. The Morgan fingerprint density at radius 2 is 2.14 bits per heavy atom. The number of ether oxygens (including phenoxy) is 1. The van der Waals surface area contributed by atoms with E-state index in [1.807, 2.05) is 13.0 Å². The van der Waals surface area contributed by atoms with Gasteiger partial charge < -0.3 is 10.5 Å². The predicted octanol–water partition coefficient (Wildman–Crippen LogP) is 2.48. The van der Waals surface area contributed by atoms with E-state index in [0.717, 1.165) is 12.0 Å². The Labute approximate surface area is 81.7 Å². The van der Waals surface area contributed by atoms with Gasteiger partial charge in [0.15, 0.2) is 0 Å². The second-order valence-corrected chi connectivity index (χ2v) is 2.93. The average Bonchev–Trinajstić information content (AvgIpc) is 2.15. The van der Waals surface area contributed by atoms with Crippen molar-refractivity contribution in [3.8, 4) is 5.75 Å². The van der Waals surface area contributed by atoms with Gasteiger partial charge in [-0.05, 0) is 24.1 Å². The summed E-state index contributed by atoms with van der Waals surface area (Å²) < 4.78 is 28.5. The first-order chi connectivity index (χ1) is 6.63. The third kappa shape index (κ3) is 2.87. The first kappa shape index (κ1) is 10.8. The standard InChI is InChI=1S/C10H13F2NO/c1-2-7-3-4-9(8(13)5-7)14-6-10(11)12/h3-5,10H,2,6,13H2,1H3. The molecule has 2 N–H and O–H groups in total. The molecule has 0 bridgehead atoms. The molecule has 0 amide bonds. The molecule has 2 nitrogen and oxygen atoms in total. The van der Waals surface area contributed by atoms with Crippen LogP contribution in [0.3, 0.4) is 0 Å². The van der Waals surface area contributed by atoms with Crippen LogP contribution in [0.5, 0.6) is 5.75 Å². The molecule has 0 saturated heterocycles. The molecule has 0 aromatic heterocycles. The highest BCUT2D eigenvalue weighted by molar-refractivity contribution is 5.54. The van der Waals surface area contributed by atoms with E-state index in [-0.39, 0.29) is 0 Å². The van der Waals surface area contributed by atoms with Gasteiger partial charge >= 0.3 is 0 Å². The fraction of sp³-hybridized carbons (Fsp3) is 0.400. The van der Waals surface area contributed by atoms with Gasteiger partial charge in [0.25, 0.3) is 6.43 Å². The minimum atomic E-state index is -2.47. The normalized spacial score (nSPS) is 10.6. The van der Waals surface area contributed by atoms with Crippen LogP contribution >= 0.6 is 0 Å². The van der Waals surface area contributed by atoms with Crippen molar-refractivity contribution in [1.82, 2.24) is 0 Å². The van der Waals surface area contributed by atoms with Gasteiger partial charge in [-0.1, -0.05) is 13.0 Å². The molecule has 1 aromatic rings. The van der Waals surface area contributed by atoms with Crippen LogP contribution in [0, 0.1) is 0 Å². The number of nitrogen functional groups attached to an aromatic ring is 1. The van der Waals surface area contributed by atoms with Gasteiger partial charge in [0.2, 0.25) is 0 Å². The van der Waals surface area contributed by atoms with Gasteiger partial charge in [-0.2, -0.15) is 0 Å². The lowest BCUT2D eigenvalue weighted by molar-refractivity contribution is 0.0823. The molecular formula is C10H13F2NO. The van der Waals surface area contributed by atoms with Crippen molar-refractivity contribution in [2.75, 3.05) is 12.3 Å². The Morgan fingerprint density at radius 3 is 2.64 bits per heavy atom. The van der Waals surface area contributed by atoms with Crippen molar-refractivity contribution in [1.29, 1.82) is 0 Å². The Bertz CT molecular complexity index is 302. The highest BCUT2D eigenvalue weighted by Crippen LogP contribution is 2.23. The topological polar surface area (TPSA) is 35.2 Å². The Balaban J connectivity index is 2.69. The van der Waals surface area contributed by atoms with Crippen LogP contribution < -0.4 is 10.5 Å². The molecule has 1 aromatic carbocycles. The van der Waals surface area contributed by atoms with Gasteiger partial charge in [-0.25, -0.2) is 8.78 Å². The van der Waals surface area contributed by atoms with Crippen molar-refractivity contribution in [2.24, 2.45) is 0 Å². The molecule has 0 atom stereocenters. The number of anilines is 1. The Hall–Kier alpha value is -1.32. The van der Waals surface area contributed by atoms with Crippen molar-refractivity contribution >= 4 is 5.69 Å². The van der Waals surface area contributed by atoms with Crippen molar-refractivity contribution in [3.63, 3.8) is 0 Å². The molecule has 0 aliphatic carbocycles. The minimum Gasteiger partial charge on any atom is -0.485 e. The molecule has 0 radical (unpaired) electrons. The first-order valence-electron chi connectivity index (χ1n) is 4.42. The van der Waals surface area contributed by atoms with Crippen LogP contribution in [0.2, 0.25) is 0 Å². The number of hydrogen-bond acceptors (Lipinski definition) is 2. The van der Waals surface area contributed by atoms with E-state index in [1.54, 1.807) is 12.1 Å². The van der Waals surface area contributed by atoms with E-state index in [0.29, 0.717) is 11.4 Å². The molecular weight excluding hydrogens is 188 g/mol. The van der Waals surface area contributed by atoms with Crippen molar-refractivity contribution in [3.05, 3.63) is 23.8 Å². The second kappa shape index (κ2) is 4.79. The molecule has 78 valence electrons. The smallest absolute Gasteiger partial charge is 0.272 e. The number of benzene rings is 1. The number of alkyl halides is 2. The molecule has 0 aliphatic rings. The van der Waals surface area contributed by atoms with E-state index in [1.165, 1.54) is 0 Å². The summed E-state index contributed by atoms with van der Waals surface area (Å²) in [6.45, 7) is 1.38. The molecule has 0 unspecified atom stereocenters. The molecule has 4 heteroatoms. The summed E-state index contributed by atoms with van der Waals surface area (Å²) in [4.78, 5) is 0. The van der Waals surface area contributed by atoms with Gasteiger partial charge in [0, 0.05) is 0 Å². The van der Waals surface area contributed by atoms with Crippen LogP contribution in [0.4, 0.5) is 14.5 Å². The number of aryl methyl sites for hydroxylation is 1. The number of rotatable bonds is 4. The Kier molecular flexibility index (Phi) is 3.68. The monoisotopic (exact) mass is 201 g/mol. The summed E-state index contributed by atoms with van der Waals surface area (Å²) >= 11 is 0. The van der Waals surface area contributed by atoms with Crippen LogP contribution in [0.15, 0.2) is 18.2 Å². The van der Waals surface area contributed by atoms with E-state index in [9.17, 15) is 8.78 Å². The predicted molar refractivity (Wildman–Crippen MR) is 51.7 cm³/mol. The molecule has 0 aliphatic heterocycles. The van der Waals surface area contributed by atoms with Gasteiger partial charge in [-0.3, -0.25) is 0 Å². The van der Waals surface area contributed by atoms with Crippen LogP contribution in [0.25, 0.3) is 0 Å². The third-order valence-corrected chi connectivity index (χ3v) is 1.85. The summed E-state index contributed by atoms with van der Waals surface area (Å²) in [6, 6.07) is 5.18. The lowest BCUT2D eigenvalue weighted by atomic mass is 10.1. The van der Waals surface area contributed by atoms with Crippen LogP contribution in [0.1, 0.15) is 12.5 Å². The summed E-state index contributed by atoms with van der Waals surface area (Å²) in [5, 5.41) is 0. The highest BCUT2D eigenvalue weighted by Gasteiger charge is 2.06. The summed E-state index contributed by atoms with van der Waals surface area (Å²) in [5.74, 6) is 0.322. The second-order valence-electron chi connectivity index (χ2n) is 2.93. The molecule has 0 fully saturated rings. The molecule has 14 heavy (non-hydrogen) atoms. The fourth-order valence-electron chi connectivity index (χ4n) is 1.10. The summed E-state index contributed by atoms with van der Waals surface area (Å²) in [6.07, 6.45) is -1.61. The maximum Gasteiger partial charge on any atom is 0.272 e. The zero-order valence-corrected chi connectivity index (χ0v) is 7.97. The largest absolute Gasteiger partial charge is 0.485 e. The maximum atomic E-state index is 11.8. The van der Waals surface area contributed by atoms with Crippen molar-refractivity contribution in [2.45, 2.75) is 19.8 Å². The van der Waals surface area contributed by atoms with Gasteiger partial charge in [0.05, 0.1) is 5.69 Å². The quantitative estimate of drug-likeness (QED) is 0.759. The van der Waals surface area contributed by atoms with E-state index < -0.39 is 13.0 Å². The number of halogens is 2. The SMILES string of the molecule is CCc1ccc(OCC(F)F)c(N)c1. The molecule has 1 rings (SSSR count). The van der Waals surface area contributed by atoms with E-state index >= 15 is 0 Å². The third-order valence-electron chi connectivity index (χ3n) is 1.85. The highest BCUT2D eigenvalue weighted by atomic mass is 19.3. The van der Waals surface area contributed by atoms with Gasteiger partial charge in [-0.15, -0.1) is 0 Å². The lowest BCUT2D eigenvalue weighted by Gasteiger charge is -2.09. The summed E-state index contributed by atoms with van der Waals surface area (Å²) in [7, 11) is 0. The zero-order chi connectivity index (χ0) is 10.6. The van der Waals surface area contributed by atoms with Crippen LogP contribution in [-0.2, 0) is 6.42 Å². The van der Waals surface area contributed by atoms with E-state index in [2.05, 4.69) is 0 Å². The number of nitrogens with two attached hydrogens (primary N) is 1. The molecule has 0 heterocycles. The molecule has 0 spiro atoms.